The summed E-state index contributed by atoms with van der Waals surface area (Å²) in [6.45, 7) is 12.7. The van der Waals surface area contributed by atoms with Gasteiger partial charge < -0.3 is 15.4 Å². The molecule has 5 nitrogen and oxygen atoms in total. The lowest BCUT2D eigenvalue weighted by atomic mass is 9.86. The molecule has 2 N–H and O–H groups in total. The van der Waals surface area contributed by atoms with Crippen molar-refractivity contribution >= 4 is 30.7 Å². The highest BCUT2D eigenvalue weighted by molar-refractivity contribution is 5.85. The Morgan fingerprint density at radius 1 is 1.17 bits per heavy atom. The van der Waals surface area contributed by atoms with Gasteiger partial charge in [-0.25, -0.2) is 0 Å². The minimum Gasteiger partial charge on any atom is -0.376 e. The third-order valence-corrected chi connectivity index (χ3v) is 4.76. The van der Waals surface area contributed by atoms with Gasteiger partial charge in [-0.05, 0) is 25.2 Å². The smallest absolute Gasteiger partial charge is 0.240 e. The molecule has 2 rings (SSSR count). The Bertz CT molecular complexity index is 369. The standard InChI is InChI=1S/C16H31N3O2.2ClH/c1-12-11-19(9-10-21-12)13-5-7-18(8-6-13)15(20)14(17)16(2,3)4;;/h12-14H,5-11,17H2,1-4H3;2*1H/t12?,14-;;/m1../s1. The van der Waals surface area contributed by atoms with Crippen molar-refractivity contribution in [3.8, 4) is 0 Å². The van der Waals surface area contributed by atoms with E-state index in [1.807, 2.05) is 25.7 Å². The van der Waals surface area contributed by atoms with E-state index in [4.69, 9.17) is 10.5 Å². The van der Waals surface area contributed by atoms with E-state index >= 15 is 0 Å². The second-order valence-corrected chi connectivity index (χ2v) is 7.58. The monoisotopic (exact) mass is 369 g/mol. The Labute approximate surface area is 153 Å². The van der Waals surface area contributed by atoms with Gasteiger partial charge in [-0.2, -0.15) is 0 Å². The molecule has 0 radical (unpaired) electrons. The number of carbonyl (C=O) groups is 1. The molecule has 2 atom stereocenters. The number of morpholine rings is 1. The molecule has 0 aliphatic carbocycles. The second kappa shape index (κ2) is 9.42. The molecule has 0 saturated carbocycles. The Morgan fingerprint density at radius 2 is 1.74 bits per heavy atom. The van der Waals surface area contributed by atoms with Crippen LogP contribution in [0.4, 0.5) is 0 Å². The van der Waals surface area contributed by atoms with Crippen molar-refractivity contribution in [2.24, 2.45) is 11.1 Å². The molecule has 2 heterocycles. The second-order valence-electron chi connectivity index (χ2n) is 7.58. The zero-order valence-corrected chi connectivity index (χ0v) is 16.4. The molecule has 0 bridgehead atoms. The van der Waals surface area contributed by atoms with Crippen LogP contribution >= 0.6 is 24.8 Å². The third-order valence-electron chi connectivity index (χ3n) is 4.76. The summed E-state index contributed by atoms with van der Waals surface area (Å²) < 4.78 is 5.60. The van der Waals surface area contributed by atoms with Gasteiger partial charge in [0.25, 0.3) is 0 Å². The minimum atomic E-state index is -0.405. The van der Waals surface area contributed by atoms with Crippen LogP contribution in [0, 0.1) is 5.41 Å². The highest BCUT2D eigenvalue weighted by Gasteiger charge is 2.34. The van der Waals surface area contributed by atoms with Crippen LogP contribution in [0.5, 0.6) is 0 Å². The predicted molar refractivity (Wildman–Crippen MR) is 98.5 cm³/mol. The van der Waals surface area contributed by atoms with Crippen LogP contribution in [0.1, 0.15) is 40.5 Å². The van der Waals surface area contributed by atoms with E-state index in [-0.39, 0.29) is 36.1 Å². The van der Waals surface area contributed by atoms with Crippen LogP contribution in [-0.2, 0) is 9.53 Å². The van der Waals surface area contributed by atoms with E-state index in [1.54, 1.807) is 0 Å². The maximum absolute atomic E-state index is 12.4. The molecule has 0 aromatic rings. The van der Waals surface area contributed by atoms with Crippen molar-refractivity contribution < 1.29 is 9.53 Å². The Morgan fingerprint density at radius 3 is 2.22 bits per heavy atom. The van der Waals surface area contributed by atoms with Crippen LogP contribution < -0.4 is 5.73 Å². The molecule has 23 heavy (non-hydrogen) atoms. The SMILES string of the molecule is CC1CN(C2CCN(C(=O)[C@@H](N)C(C)(C)C)CC2)CCO1.Cl.Cl. The Kier molecular flexibility index (Phi) is 9.39. The number of likely N-dealkylation sites (tertiary alicyclic amines) is 1. The van der Waals surface area contributed by atoms with Crippen LogP contribution in [0.25, 0.3) is 0 Å². The molecular weight excluding hydrogens is 337 g/mol. The number of carbonyl (C=O) groups excluding carboxylic acids is 1. The molecule has 2 fully saturated rings. The first-order chi connectivity index (χ1) is 9.79. The lowest BCUT2D eigenvalue weighted by Gasteiger charge is -2.42. The first kappa shape index (κ1) is 22.9. The summed E-state index contributed by atoms with van der Waals surface area (Å²) in [5, 5.41) is 0. The number of hydrogen-bond acceptors (Lipinski definition) is 4. The van der Waals surface area contributed by atoms with Gasteiger partial charge >= 0.3 is 0 Å². The van der Waals surface area contributed by atoms with E-state index in [1.165, 1.54) is 0 Å². The number of nitrogens with zero attached hydrogens (tertiary/aromatic N) is 2. The van der Waals surface area contributed by atoms with Crippen molar-refractivity contribution in [1.82, 2.24) is 9.80 Å². The van der Waals surface area contributed by atoms with Gasteiger partial charge in [0, 0.05) is 32.2 Å². The molecule has 138 valence electrons. The summed E-state index contributed by atoms with van der Waals surface area (Å²) in [4.78, 5) is 16.9. The molecule has 1 amide bonds. The van der Waals surface area contributed by atoms with Crippen LogP contribution in [0.2, 0.25) is 0 Å². The highest BCUT2D eigenvalue weighted by atomic mass is 35.5. The number of amides is 1. The van der Waals surface area contributed by atoms with Gasteiger partial charge in [0.2, 0.25) is 5.91 Å². The number of nitrogens with two attached hydrogens (primary N) is 1. The van der Waals surface area contributed by atoms with Crippen molar-refractivity contribution in [3.63, 3.8) is 0 Å². The summed E-state index contributed by atoms with van der Waals surface area (Å²) in [5.74, 6) is 0.108. The average Bonchev–Trinajstić information content (AvgIpc) is 2.45. The fourth-order valence-corrected chi connectivity index (χ4v) is 3.20. The normalized spacial score (nSPS) is 25.3. The zero-order chi connectivity index (χ0) is 15.6. The number of hydrogen-bond donors (Lipinski definition) is 1. The molecule has 0 aromatic carbocycles. The zero-order valence-electron chi connectivity index (χ0n) is 14.8. The van der Waals surface area contributed by atoms with E-state index < -0.39 is 6.04 Å². The lowest BCUT2D eigenvalue weighted by Crippen LogP contribution is -2.55. The predicted octanol–water partition coefficient (Wildman–Crippen LogP) is 1.92. The number of ether oxygens (including phenoxy) is 1. The summed E-state index contributed by atoms with van der Waals surface area (Å²) in [7, 11) is 0. The molecule has 0 spiro atoms. The lowest BCUT2D eigenvalue weighted by molar-refractivity contribution is -0.137. The van der Waals surface area contributed by atoms with Crippen molar-refractivity contribution in [1.29, 1.82) is 0 Å². The third kappa shape index (κ3) is 6.05. The van der Waals surface area contributed by atoms with Gasteiger partial charge in [-0.3, -0.25) is 9.69 Å². The van der Waals surface area contributed by atoms with Crippen LogP contribution in [0.3, 0.4) is 0 Å². The summed E-state index contributed by atoms with van der Waals surface area (Å²) in [6, 6.07) is 0.184. The quantitative estimate of drug-likeness (QED) is 0.807. The molecular formula is C16H33Cl2N3O2. The van der Waals surface area contributed by atoms with Gasteiger partial charge in [-0.1, -0.05) is 20.8 Å². The molecule has 2 aliphatic heterocycles. The number of rotatable bonds is 2. The minimum absolute atomic E-state index is 0. The van der Waals surface area contributed by atoms with Crippen LogP contribution in [-0.4, -0.2) is 66.7 Å². The summed E-state index contributed by atoms with van der Waals surface area (Å²) in [6.07, 6.45) is 2.43. The fourth-order valence-electron chi connectivity index (χ4n) is 3.20. The van der Waals surface area contributed by atoms with E-state index in [0.29, 0.717) is 12.1 Å². The Balaban J connectivity index is 0.00000242. The highest BCUT2D eigenvalue weighted by Crippen LogP contribution is 2.23. The molecule has 0 aromatic heterocycles. The first-order valence-electron chi connectivity index (χ1n) is 8.19. The molecule has 2 saturated heterocycles. The number of piperidine rings is 1. The maximum atomic E-state index is 12.4. The van der Waals surface area contributed by atoms with E-state index in [0.717, 1.165) is 45.6 Å². The summed E-state index contributed by atoms with van der Waals surface area (Å²) in [5.41, 5.74) is 5.93. The average molecular weight is 370 g/mol. The molecule has 1 unspecified atom stereocenters. The first-order valence-corrected chi connectivity index (χ1v) is 8.19. The van der Waals surface area contributed by atoms with Gasteiger partial charge in [0.1, 0.15) is 0 Å². The van der Waals surface area contributed by atoms with Crippen molar-refractivity contribution in [3.05, 3.63) is 0 Å². The fraction of sp³-hybridized carbons (Fsp3) is 0.938. The van der Waals surface area contributed by atoms with Crippen molar-refractivity contribution in [2.75, 3.05) is 32.8 Å². The van der Waals surface area contributed by atoms with Crippen LogP contribution in [0.15, 0.2) is 0 Å². The molecule has 7 heteroatoms. The number of halogens is 2. The van der Waals surface area contributed by atoms with E-state index in [9.17, 15) is 4.79 Å². The molecule has 2 aliphatic rings. The maximum Gasteiger partial charge on any atom is 0.240 e. The van der Waals surface area contributed by atoms with Crippen molar-refractivity contribution in [2.45, 2.75) is 58.7 Å². The summed E-state index contributed by atoms with van der Waals surface area (Å²) >= 11 is 0. The Hall–Kier alpha value is -0.0700. The van der Waals surface area contributed by atoms with Gasteiger partial charge in [0.15, 0.2) is 0 Å². The largest absolute Gasteiger partial charge is 0.376 e. The topological polar surface area (TPSA) is 58.8 Å². The van der Waals surface area contributed by atoms with E-state index in [2.05, 4.69) is 11.8 Å². The van der Waals surface area contributed by atoms with Gasteiger partial charge in [-0.15, -0.1) is 24.8 Å². The van der Waals surface area contributed by atoms with Gasteiger partial charge in [0.05, 0.1) is 18.8 Å².